The van der Waals surface area contributed by atoms with Crippen LogP contribution in [0.1, 0.15) is 11.1 Å². The lowest BCUT2D eigenvalue weighted by atomic mass is 10.2. The minimum absolute atomic E-state index is 0.0658. The highest BCUT2D eigenvalue weighted by Crippen LogP contribution is 2.13. The molecule has 0 radical (unpaired) electrons. The number of aliphatic imine (C=N–C) groups is 1. The van der Waals surface area contributed by atoms with E-state index >= 15 is 0 Å². The largest absolute Gasteiger partial charge is 0.497 e. The number of guanidine groups is 1. The highest BCUT2D eigenvalue weighted by Gasteiger charge is 2.14. The maximum Gasteiger partial charge on any atom is 0.355 e. The third kappa shape index (κ3) is 7.28. The van der Waals surface area contributed by atoms with Crippen LogP contribution in [0.2, 0.25) is 0 Å². The third-order valence-corrected chi connectivity index (χ3v) is 5.70. The molecule has 0 aliphatic heterocycles. The average molecular weight is 536 g/mol. The van der Waals surface area contributed by atoms with Crippen LogP contribution in [0, 0.1) is 11.6 Å². The Morgan fingerprint density at radius 2 is 1.46 bits per heavy atom. The minimum Gasteiger partial charge on any atom is -0.497 e. The molecule has 39 heavy (non-hydrogen) atoms. The van der Waals surface area contributed by atoms with Crippen LogP contribution in [-0.2, 0) is 13.1 Å². The summed E-state index contributed by atoms with van der Waals surface area (Å²) in [5.74, 6) is 0.0524. The van der Waals surface area contributed by atoms with Crippen LogP contribution in [0.5, 0.6) is 5.75 Å². The number of nitrogens with zero attached hydrogens (tertiary/aromatic N) is 4. The molecule has 1 aromatic heterocycles. The summed E-state index contributed by atoms with van der Waals surface area (Å²) >= 11 is 0. The van der Waals surface area contributed by atoms with Crippen molar-refractivity contribution in [1.29, 1.82) is 0 Å². The number of nitrogens with one attached hydrogen (secondary N) is 2. The molecule has 0 unspecified atom stereocenters. The first-order valence-electron chi connectivity index (χ1n) is 12.0. The summed E-state index contributed by atoms with van der Waals surface area (Å²) < 4.78 is 33.9. The van der Waals surface area contributed by atoms with Crippen molar-refractivity contribution in [3.63, 3.8) is 0 Å². The first kappa shape index (κ1) is 27.0. The first-order valence-corrected chi connectivity index (χ1v) is 12.0. The van der Waals surface area contributed by atoms with Crippen molar-refractivity contribution >= 4 is 17.6 Å². The standard InChI is InChI=1S/C27H27F2N7O3/c1-39-23-12-4-19(5-13-23)16-35-25(32-15-14-31-24(30)33-22-10-8-21(29)9-11-22)34-26(37)36(27(35)38)17-18-2-6-20(28)7-3-18/h2-13H,14-17H2,1H3,(H3,30,31,33)(H,32,34,37). The normalized spacial score (nSPS) is 11.3. The van der Waals surface area contributed by atoms with E-state index in [0.717, 1.165) is 10.1 Å². The van der Waals surface area contributed by atoms with E-state index in [0.29, 0.717) is 17.0 Å². The molecule has 0 aliphatic carbocycles. The Bertz CT molecular complexity index is 1550. The molecule has 3 aromatic carbocycles. The van der Waals surface area contributed by atoms with Gasteiger partial charge in [0.1, 0.15) is 17.4 Å². The fraction of sp³-hybridized carbons (Fsp3) is 0.185. The molecule has 0 atom stereocenters. The van der Waals surface area contributed by atoms with Gasteiger partial charge < -0.3 is 21.1 Å². The first-order chi connectivity index (χ1) is 18.8. The number of nitrogens with two attached hydrogens (primary N) is 1. The Hall–Kier alpha value is -5.00. The van der Waals surface area contributed by atoms with Gasteiger partial charge in [0, 0.05) is 12.2 Å². The van der Waals surface area contributed by atoms with Gasteiger partial charge in [-0.15, -0.1) is 0 Å². The lowest BCUT2D eigenvalue weighted by Crippen LogP contribution is -2.43. The molecule has 0 fully saturated rings. The number of methoxy groups -OCH3 is 1. The fourth-order valence-electron chi connectivity index (χ4n) is 3.69. The second kappa shape index (κ2) is 12.5. The smallest absolute Gasteiger partial charge is 0.355 e. The monoisotopic (exact) mass is 535 g/mol. The molecule has 4 N–H and O–H groups in total. The zero-order chi connectivity index (χ0) is 27.8. The third-order valence-electron chi connectivity index (χ3n) is 5.70. The average Bonchev–Trinajstić information content (AvgIpc) is 2.93. The summed E-state index contributed by atoms with van der Waals surface area (Å²) in [6.07, 6.45) is 0. The number of aromatic nitrogens is 3. The molecule has 0 aliphatic rings. The van der Waals surface area contributed by atoms with E-state index in [9.17, 15) is 18.4 Å². The molecular weight excluding hydrogens is 508 g/mol. The van der Waals surface area contributed by atoms with Gasteiger partial charge in [-0.1, -0.05) is 24.3 Å². The van der Waals surface area contributed by atoms with E-state index < -0.39 is 17.2 Å². The van der Waals surface area contributed by atoms with Gasteiger partial charge in [0.25, 0.3) is 0 Å². The van der Waals surface area contributed by atoms with Crippen molar-refractivity contribution in [1.82, 2.24) is 14.1 Å². The van der Waals surface area contributed by atoms with Crippen LogP contribution >= 0.6 is 0 Å². The van der Waals surface area contributed by atoms with Crippen LogP contribution in [0.3, 0.4) is 0 Å². The van der Waals surface area contributed by atoms with Gasteiger partial charge in [-0.05, 0) is 59.7 Å². The summed E-state index contributed by atoms with van der Waals surface area (Å²) in [7, 11) is 1.56. The van der Waals surface area contributed by atoms with Crippen molar-refractivity contribution in [2.24, 2.45) is 10.7 Å². The number of hydrogen-bond donors (Lipinski definition) is 3. The number of benzene rings is 3. The molecule has 0 saturated heterocycles. The van der Waals surface area contributed by atoms with Crippen LogP contribution < -0.4 is 32.5 Å². The Labute approximate surface area is 222 Å². The minimum atomic E-state index is -0.751. The van der Waals surface area contributed by atoms with Gasteiger partial charge in [-0.25, -0.2) is 22.9 Å². The Balaban J connectivity index is 1.54. The quantitative estimate of drug-likeness (QED) is 0.162. The van der Waals surface area contributed by atoms with Crippen molar-refractivity contribution in [2.75, 3.05) is 30.8 Å². The number of anilines is 2. The lowest BCUT2D eigenvalue weighted by molar-refractivity contribution is 0.414. The molecule has 12 heteroatoms. The molecule has 10 nitrogen and oxygen atoms in total. The fourth-order valence-corrected chi connectivity index (χ4v) is 3.69. The highest BCUT2D eigenvalue weighted by molar-refractivity contribution is 5.92. The molecule has 202 valence electrons. The van der Waals surface area contributed by atoms with E-state index in [4.69, 9.17) is 10.5 Å². The Morgan fingerprint density at radius 1 is 0.897 bits per heavy atom. The van der Waals surface area contributed by atoms with Crippen molar-refractivity contribution in [3.05, 3.63) is 117 Å². The molecule has 0 spiro atoms. The summed E-state index contributed by atoms with van der Waals surface area (Å²) in [6, 6.07) is 18.3. The second-order valence-electron chi connectivity index (χ2n) is 8.47. The lowest BCUT2D eigenvalue weighted by Gasteiger charge is -2.16. The number of halogens is 2. The Kier molecular flexibility index (Phi) is 8.67. The molecular formula is C27H27F2N7O3. The molecule has 4 aromatic rings. The molecule has 0 bridgehead atoms. The molecule has 4 rings (SSSR count). The van der Waals surface area contributed by atoms with Gasteiger partial charge in [0.15, 0.2) is 5.96 Å². The van der Waals surface area contributed by atoms with Crippen molar-refractivity contribution < 1.29 is 13.5 Å². The summed E-state index contributed by atoms with van der Waals surface area (Å²) in [6.45, 7) is 0.461. The zero-order valence-corrected chi connectivity index (χ0v) is 21.1. The van der Waals surface area contributed by atoms with Gasteiger partial charge in [0.05, 0.1) is 26.7 Å². The van der Waals surface area contributed by atoms with Gasteiger partial charge in [0.2, 0.25) is 5.95 Å². The van der Waals surface area contributed by atoms with Crippen LogP contribution in [0.4, 0.5) is 20.4 Å². The number of rotatable bonds is 10. The van der Waals surface area contributed by atoms with E-state index in [-0.39, 0.29) is 43.9 Å². The maximum absolute atomic E-state index is 13.4. The van der Waals surface area contributed by atoms with E-state index in [1.165, 1.54) is 53.1 Å². The molecule has 0 amide bonds. The van der Waals surface area contributed by atoms with Gasteiger partial charge >= 0.3 is 11.4 Å². The highest BCUT2D eigenvalue weighted by atomic mass is 19.1. The molecule has 1 heterocycles. The van der Waals surface area contributed by atoms with E-state index in [1.54, 1.807) is 31.4 Å². The number of hydrogen-bond acceptors (Lipinski definition) is 6. The SMILES string of the molecule is COc1ccc(Cn2c(NCCN=C(N)Nc3ccc(F)cc3)nc(=O)n(Cc3ccc(F)cc3)c2=O)cc1. The number of ether oxygens (including phenoxy) is 1. The van der Waals surface area contributed by atoms with E-state index in [2.05, 4.69) is 20.6 Å². The summed E-state index contributed by atoms with van der Waals surface area (Å²) in [5.41, 5.74) is 6.48. The maximum atomic E-state index is 13.4. The van der Waals surface area contributed by atoms with Crippen molar-refractivity contribution in [2.45, 2.75) is 13.1 Å². The van der Waals surface area contributed by atoms with Crippen LogP contribution in [-0.4, -0.2) is 40.3 Å². The van der Waals surface area contributed by atoms with Crippen molar-refractivity contribution in [3.8, 4) is 5.75 Å². The van der Waals surface area contributed by atoms with E-state index in [1.807, 2.05) is 0 Å². The van der Waals surface area contributed by atoms with Crippen LogP contribution in [0.15, 0.2) is 87.4 Å². The predicted octanol–water partition coefficient (Wildman–Crippen LogP) is 2.63. The predicted molar refractivity (Wildman–Crippen MR) is 145 cm³/mol. The summed E-state index contributed by atoms with van der Waals surface area (Å²) in [5, 5.41) is 5.84. The summed E-state index contributed by atoms with van der Waals surface area (Å²) in [4.78, 5) is 34.6. The zero-order valence-electron chi connectivity index (χ0n) is 21.1. The Morgan fingerprint density at radius 3 is 2.08 bits per heavy atom. The van der Waals surface area contributed by atoms with Crippen LogP contribution in [0.25, 0.3) is 0 Å². The topological polar surface area (TPSA) is 129 Å². The molecule has 0 saturated carbocycles. The second-order valence-corrected chi connectivity index (χ2v) is 8.47. The van der Waals surface area contributed by atoms with Gasteiger partial charge in [-0.3, -0.25) is 9.56 Å². The van der Waals surface area contributed by atoms with Gasteiger partial charge in [-0.2, -0.15) is 4.98 Å².